The fourth-order valence-corrected chi connectivity index (χ4v) is 11.0. The number of rotatable bonds is 68. The Labute approximate surface area is 517 Å². The zero-order chi connectivity index (χ0) is 59.9. The minimum atomic E-state index is -0.773. The Hall–Kier alpha value is -2.89. The van der Waals surface area contributed by atoms with Gasteiger partial charge in [0.1, 0.15) is 13.2 Å². The minimum absolute atomic E-state index is 0.0688. The Morgan fingerprint density at radius 3 is 0.747 bits per heavy atom. The smallest absolute Gasteiger partial charge is 0.306 e. The maximum atomic E-state index is 12.9. The Balaban J connectivity index is 4.15. The maximum Gasteiger partial charge on any atom is 0.306 e. The lowest BCUT2D eigenvalue weighted by Crippen LogP contribution is -2.30. The summed E-state index contributed by atoms with van der Waals surface area (Å²) >= 11 is 0. The fourth-order valence-electron chi connectivity index (χ4n) is 11.0. The summed E-state index contributed by atoms with van der Waals surface area (Å²) in [4.78, 5) is 38.5. The molecule has 484 valence electrons. The third-order valence-corrected chi connectivity index (χ3v) is 16.5. The van der Waals surface area contributed by atoms with Gasteiger partial charge in [-0.2, -0.15) is 0 Å². The molecule has 0 aromatic rings. The summed E-state index contributed by atoms with van der Waals surface area (Å²) in [5.41, 5.74) is 0. The van der Waals surface area contributed by atoms with E-state index in [4.69, 9.17) is 14.2 Å². The van der Waals surface area contributed by atoms with Crippen LogP contribution < -0.4 is 0 Å². The molecule has 0 saturated carbocycles. The molecule has 0 bridgehead atoms. The largest absolute Gasteiger partial charge is 0.462 e. The zero-order valence-electron chi connectivity index (χ0n) is 55.7. The summed E-state index contributed by atoms with van der Waals surface area (Å²) in [5, 5.41) is 0. The first-order valence-electron chi connectivity index (χ1n) is 36.8. The van der Waals surface area contributed by atoms with E-state index in [1.807, 2.05) is 0 Å². The zero-order valence-corrected chi connectivity index (χ0v) is 55.7. The van der Waals surface area contributed by atoms with Crippen LogP contribution in [0, 0.1) is 0 Å². The molecule has 0 aromatic carbocycles. The molecule has 0 aliphatic heterocycles. The van der Waals surface area contributed by atoms with Crippen molar-refractivity contribution in [3.63, 3.8) is 0 Å². The molecule has 0 heterocycles. The average Bonchev–Trinajstić information content (AvgIpc) is 3.49. The van der Waals surface area contributed by atoms with Gasteiger partial charge in [-0.05, 0) is 83.5 Å². The predicted molar refractivity (Wildman–Crippen MR) is 362 cm³/mol. The van der Waals surface area contributed by atoms with E-state index < -0.39 is 6.10 Å². The van der Waals surface area contributed by atoms with Gasteiger partial charge in [-0.15, -0.1) is 0 Å². The molecule has 1 atom stereocenters. The van der Waals surface area contributed by atoms with Gasteiger partial charge in [0.05, 0.1) is 0 Å². The molecular formula is C77H140O6. The van der Waals surface area contributed by atoms with Gasteiger partial charge in [0.2, 0.25) is 0 Å². The number of ether oxygens (including phenoxy) is 3. The van der Waals surface area contributed by atoms with Crippen LogP contribution in [-0.2, 0) is 28.6 Å². The minimum Gasteiger partial charge on any atom is -0.462 e. The average molecular weight is 1160 g/mol. The molecule has 6 nitrogen and oxygen atoms in total. The topological polar surface area (TPSA) is 78.9 Å². The highest BCUT2D eigenvalue weighted by molar-refractivity contribution is 5.71. The Morgan fingerprint density at radius 2 is 0.470 bits per heavy atom. The van der Waals surface area contributed by atoms with Crippen molar-refractivity contribution in [3.05, 3.63) is 60.8 Å². The number of carbonyl (C=O) groups is 3. The van der Waals surface area contributed by atoms with Crippen LogP contribution in [0.25, 0.3) is 0 Å². The van der Waals surface area contributed by atoms with Crippen LogP contribution in [0.5, 0.6) is 0 Å². The van der Waals surface area contributed by atoms with Crippen LogP contribution in [-0.4, -0.2) is 37.2 Å². The summed E-state index contributed by atoms with van der Waals surface area (Å²) in [6.45, 7) is 6.59. The van der Waals surface area contributed by atoms with E-state index in [0.717, 1.165) is 83.5 Å². The number of unbranched alkanes of at least 4 members (excludes halogenated alkanes) is 47. The van der Waals surface area contributed by atoms with Crippen molar-refractivity contribution in [1.29, 1.82) is 0 Å². The first-order chi connectivity index (χ1) is 41.0. The SMILES string of the molecule is CC/C=C\C/C=C\C/C=C\C/C=C\CCCCCCCCCCCCCCCCCCCCCCC(=O)OCC(COC(=O)CCCCCCCCCCCCCCCCC)OC(=O)CCCCCCCCC/C=C\CCCCCCCC. The van der Waals surface area contributed by atoms with Crippen molar-refractivity contribution >= 4 is 17.9 Å². The molecule has 1 unspecified atom stereocenters. The monoisotopic (exact) mass is 1160 g/mol. The van der Waals surface area contributed by atoms with Gasteiger partial charge in [-0.25, -0.2) is 0 Å². The van der Waals surface area contributed by atoms with E-state index in [-0.39, 0.29) is 31.1 Å². The molecule has 0 fully saturated rings. The molecule has 0 N–H and O–H groups in total. The summed E-state index contributed by atoms with van der Waals surface area (Å²) < 4.78 is 17.0. The molecule has 83 heavy (non-hydrogen) atoms. The standard InChI is InChI=1S/C77H140O6/c1-4-7-10-13-16-19-22-25-28-30-31-32-33-34-35-36-37-38-39-40-41-42-43-44-45-47-49-52-55-58-61-64-67-70-76(79)82-73-74(72-81-75(78)69-66-63-60-57-54-51-48-27-24-21-18-15-12-9-6-3)83-77(80)71-68-65-62-59-56-53-50-46-29-26-23-20-17-14-11-8-5-2/h7,10,16,19,25-26,28-29,31-32,74H,4-6,8-9,11-15,17-18,20-24,27,30,33-73H2,1-3H3/b10-7-,19-16-,28-25-,29-26-,32-31-. The first-order valence-corrected chi connectivity index (χ1v) is 36.8. The van der Waals surface area contributed by atoms with Crippen LogP contribution in [0.4, 0.5) is 0 Å². The third kappa shape index (κ3) is 69.8. The molecule has 0 aliphatic rings. The predicted octanol–water partition coefficient (Wildman–Crippen LogP) is 25.5. The van der Waals surface area contributed by atoms with Crippen LogP contribution in [0.1, 0.15) is 393 Å². The lowest BCUT2D eigenvalue weighted by Gasteiger charge is -2.18. The van der Waals surface area contributed by atoms with Crippen LogP contribution >= 0.6 is 0 Å². The molecule has 0 radical (unpaired) electrons. The molecule has 0 spiro atoms. The number of allylic oxidation sites excluding steroid dienone is 10. The summed E-state index contributed by atoms with van der Waals surface area (Å²) in [6.07, 6.45) is 92.6. The second-order valence-corrected chi connectivity index (χ2v) is 24.8. The molecule has 6 heteroatoms. The number of hydrogen-bond donors (Lipinski definition) is 0. The highest BCUT2D eigenvalue weighted by Gasteiger charge is 2.19. The van der Waals surface area contributed by atoms with Crippen molar-refractivity contribution in [1.82, 2.24) is 0 Å². The van der Waals surface area contributed by atoms with Gasteiger partial charge in [-0.1, -0.05) is 351 Å². The van der Waals surface area contributed by atoms with Crippen molar-refractivity contribution in [2.45, 2.75) is 399 Å². The third-order valence-electron chi connectivity index (χ3n) is 16.5. The second-order valence-electron chi connectivity index (χ2n) is 24.8. The Morgan fingerprint density at radius 1 is 0.253 bits per heavy atom. The quantitative estimate of drug-likeness (QED) is 0.0261. The van der Waals surface area contributed by atoms with Gasteiger partial charge in [0, 0.05) is 19.3 Å². The molecule has 0 saturated heterocycles. The number of hydrogen-bond acceptors (Lipinski definition) is 6. The van der Waals surface area contributed by atoms with Gasteiger partial charge in [-0.3, -0.25) is 14.4 Å². The van der Waals surface area contributed by atoms with Gasteiger partial charge in [0.25, 0.3) is 0 Å². The van der Waals surface area contributed by atoms with Gasteiger partial charge >= 0.3 is 17.9 Å². The fraction of sp³-hybridized carbons (Fsp3) is 0.831. The van der Waals surface area contributed by atoms with Crippen LogP contribution in [0.15, 0.2) is 60.8 Å². The van der Waals surface area contributed by atoms with Crippen molar-refractivity contribution in [2.24, 2.45) is 0 Å². The maximum absolute atomic E-state index is 12.9. The summed E-state index contributed by atoms with van der Waals surface area (Å²) in [5.74, 6) is -0.844. The lowest BCUT2D eigenvalue weighted by molar-refractivity contribution is -0.167. The summed E-state index contributed by atoms with van der Waals surface area (Å²) in [6, 6.07) is 0. The number of carbonyl (C=O) groups excluding carboxylic acids is 3. The molecule has 0 rings (SSSR count). The van der Waals surface area contributed by atoms with E-state index >= 15 is 0 Å². The lowest BCUT2D eigenvalue weighted by atomic mass is 10.0. The summed E-state index contributed by atoms with van der Waals surface area (Å²) in [7, 11) is 0. The molecule has 0 aliphatic carbocycles. The number of esters is 3. The Kier molecular flexibility index (Phi) is 69.1. The van der Waals surface area contributed by atoms with Gasteiger partial charge < -0.3 is 14.2 Å². The van der Waals surface area contributed by atoms with Crippen molar-refractivity contribution < 1.29 is 28.6 Å². The van der Waals surface area contributed by atoms with E-state index in [9.17, 15) is 14.4 Å². The first kappa shape index (κ1) is 80.1. The van der Waals surface area contributed by atoms with E-state index in [2.05, 4.69) is 81.5 Å². The molecule has 0 amide bonds. The van der Waals surface area contributed by atoms with Crippen LogP contribution in [0.2, 0.25) is 0 Å². The molecule has 0 aromatic heterocycles. The normalized spacial score (nSPS) is 12.4. The van der Waals surface area contributed by atoms with Crippen molar-refractivity contribution in [2.75, 3.05) is 13.2 Å². The van der Waals surface area contributed by atoms with Crippen molar-refractivity contribution in [3.8, 4) is 0 Å². The molecular weight excluding hydrogens is 1020 g/mol. The van der Waals surface area contributed by atoms with Crippen LogP contribution in [0.3, 0.4) is 0 Å². The Bertz CT molecular complexity index is 1470. The van der Waals surface area contributed by atoms with E-state index in [1.165, 1.54) is 270 Å². The highest BCUT2D eigenvalue weighted by atomic mass is 16.6. The second kappa shape index (κ2) is 71.6. The van der Waals surface area contributed by atoms with E-state index in [0.29, 0.717) is 19.3 Å². The van der Waals surface area contributed by atoms with E-state index in [1.54, 1.807) is 0 Å². The van der Waals surface area contributed by atoms with Gasteiger partial charge in [0.15, 0.2) is 6.10 Å². The highest BCUT2D eigenvalue weighted by Crippen LogP contribution is 2.19.